The van der Waals surface area contributed by atoms with Gasteiger partial charge in [0.2, 0.25) is 0 Å². The Balaban J connectivity index is 3.01. The van der Waals surface area contributed by atoms with E-state index >= 15 is 0 Å². The van der Waals surface area contributed by atoms with E-state index in [1.165, 1.54) is 0 Å². The van der Waals surface area contributed by atoms with Crippen LogP contribution in [0.15, 0.2) is 24.3 Å². The van der Waals surface area contributed by atoms with Gasteiger partial charge in [0.05, 0.1) is 17.7 Å². The van der Waals surface area contributed by atoms with Crippen LogP contribution in [-0.4, -0.2) is 49.6 Å². The first-order valence-electron chi connectivity index (χ1n) is 7.49. The van der Waals surface area contributed by atoms with Gasteiger partial charge in [-0.15, -0.1) is 0 Å². The van der Waals surface area contributed by atoms with Crippen molar-refractivity contribution < 1.29 is 14.3 Å². The number of hydrogen-bond donors (Lipinski definition) is 0. The Kier molecular flexibility index (Phi) is 6.85. The van der Waals surface area contributed by atoms with Crippen molar-refractivity contribution in [1.29, 1.82) is 0 Å². The summed E-state index contributed by atoms with van der Waals surface area (Å²) in [6, 6.07) is 7.41. The molecule has 1 aromatic rings. The molecule has 0 aliphatic rings. The number of likely N-dealkylation sites (N-methyl/N-ethyl adjacent to an activating group) is 1. The molecule has 0 spiro atoms. The van der Waals surface area contributed by atoms with Crippen molar-refractivity contribution in [2.75, 3.05) is 33.4 Å². The topological polar surface area (TPSA) is 38.8 Å². The molecule has 0 atom stereocenters. The number of para-hydroxylation sites is 1. The molecule has 0 aromatic heterocycles. The monoisotopic (exact) mass is 293 g/mol. The van der Waals surface area contributed by atoms with Gasteiger partial charge in [0.25, 0.3) is 0 Å². The van der Waals surface area contributed by atoms with E-state index < -0.39 is 5.54 Å². The first kappa shape index (κ1) is 17.7. The fraction of sp³-hybridized carbons (Fsp3) is 0.588. The molecule has 0 N–H and O–H groups in total. The van der Waals surface area contributed by atoms with Gasteiger partial charge in [-0.05, 0) is 39.1 Å². The lowest BCUT2D eigenvalue weighted by molar-refractivity contribution is 0.0662. The summed E-state index contributed by atoms with van der Waals surface area (Å²) in [6.45, 7) is 10.7. The van der Waals surface area contributed by atoms with E-state index in [9.17, 15) is 4.79 Å². The van der Waals surface area contributed by atoms with E-state index in [2.05, 4.69) is 18.7 Å². The molecule has 21 heavy (non-hydrogen) atoms. The van der Waals surface area contributed by atoms with Crippen molar-refractivity contribution in [3.05, 3.63) is 29.8 Å². The molecule has 0 saturated heterocycles. The number of Topliss-reactive ketones (excluding diaryl/α,β-unsaturated/α-hetero) is 1. The van der Waals surface area contributed by atoms with Crippen LogP contribution < -0.4 is 4.74 Å². The minimum Gasteiger partial charge on any atom is -0.490 e. The molecule has 1 rings (SSSR count). The highest BCUT2D eigenvalue weighted by Gasteiger charge is 2.34. The number of ether oxygens (including phenoxy) is 2. The number of ketones is 1. The Morgan fingerprint density at radius 1 is 1.14 bits per heavy atom. The average molecular weight is 293 g/mol. The molecule has 4 heteroatoms. The Morgan fingerprint density at radius 3 is 2.33 bits per heavy atom. The number of nitrogens with zero attached hydrogens (tertiary/aromatic N) is 1. The zero-order chi connectivity index (χ0) is 15.9. The lowest BCUT2D eigenvalue weighted by Crippen LogP contribution is -2.50. The Hall–Kier alpha value is -1.39. The second-order valence-corrected chi connectivity index (χ2v) is 5.40. The Morgan fingerprint density at radius 2 is 1.76 bits per heavy atom. The zero-order valence-electron chi connectivity index (χ0n) is 13.8. The van der Waals surface area contributed by atoms with Crippen molar-refractivity contribution in [2.45, 2.75) is 33.2 Å². The van der Waals surface area contributed by atoms with E-state index in [0.717, 1.165) is 13.1 Å². The molecule has 0 saturated carbocycles. The van der Waals surface area contributed by atoms with Crippen LogP contribution in [0, 0.1) is 0 Å². The molecule has 4 nitrogen and oxygen atoms in total. The molecule has 0 fully saturated rings. The van der Waals surface area contributed by atoms with Crippen molar-refractivity contribution in [2.24, 2.45) is 0 Å². The van der Waals surface area contributed by atoms with E-state index in [0.29, 0.717) is 24.5 Å². The van der Waals surface area contributed by atoms with Crippen LogP contribution in [-0.2, 0) is 4.74 Å². The predicted molar refractivity (Wildman–Crippen MR) is 85.1 cm³/mol. The van der Waals surface area contributed by atoms with Crippen LogP contribution >= 0.6 is 0 Å². The Labute approximate surface area is 128 Å². The third-order valence-corrected chi connectivity index (χ3v) is 3.79. The molecule has 0 unspecified atom stereocenters. The molecule has 0 aliphatic heterocycles. The fourth-order valence-corrected chi connectivity index (χ4v) is 2.50. The highest BCUT2D eigenvalue weighted by atomic mass is 16.5. The van der Waals surface area contributed by atoms with Gasteiger partial charge < -0.3 is 9.47 Å². The second kappa shape index (κ2) is 8.15. The maximum atomic E-state index is 12.9. The first-order chi connectivity index (χ1) is 9.98. The quantitative estimate of drug-likeness (QED) is 0.518. The van der Waals surface area contributed by atoms with Gasteiger partial charge in [0.1, 0.15) is 12.4 Å². The van der Waals surface area contributed by atoms with Crippen LogP contribution in [0.3, 0.4) is 0 Å². The largest absolute Gasteiger partial charge is 0.490 e. The lowest BCUT2D eigenvalue weighted by Gasteiger charge is -2.36. The van der Waals surface area contributed by atoms with Crippen LogP contribution in [0.4, 0.5) is 0 Å². The maximum Gasteiger partial charge on any atom is 0.186 e. The van der Waals surface area contributed by atoms with Gasteiger partial charge >= 0.3 is 0 Å². The third kappa shape index (κ3) is 4.29. The molecule has 0 aliphatic carbocycles. The number of benzene rings is 1. The number of methoxy groups -OCH3 is 1. The number of carbonyl (C=O) groups is 1. The zero-order valence-corrected chi connectivity index (χ0v) is 13.8. The third-order valence-electron chi connectivity index (χ3n) is 3.79. The van der Waals surface area contributed by atoms with Crippen molar-refractivity contribution in [3.8, 4) is 5.75 Å². The fourth-order valence-electron chi connectivity index (χ4n) is 2.50. The van der Waals surface area contributed by atoms with E-state index in [-0.39, 0.29) is 5.78 Å². The van der Waals surface area contributed by atoms with Gasteiger partial charge in [0, 0.05) is 7.11 Å². The second-order valence-electron chi connectivity index (χ2n) is 5.40. The van der Waals surface area contributed by atoms with Crippen LogP contribution in [0.2, 0.25) is 0 Å². The minimum absolute atomic E-state index is 0.0826. The molecule has 0 bridgehead atoms. The smallest absolute Gasteiger partial charge is 0.186 e. The highest BCUT2D eigenvalue weighted by molar-refractivity contribution is 6.04. The Bertz CT molecular complexity index is 453. The highest BCUT2D eigenvalue weighted by Crippen LogP contribution is 2.26. The molecule has 118 valence electrons. The SMILES string of the molecule is CCN(CC)C(C)(C)C(=O)c1ccccc1OCCOC. The molecule has 0 amide bonds. The van der Waals surface area contributed by atoms with Gasteiger partial charge in [-0.1, -0.05) is 26.0 Å². The van der Waals surface area contributed by atoms with Gasteiger partial charge in [-0.2, -0.15) is 0 Å². The summed E-state index contributed by atoms with van der Waals surface area (Å²) in [5.74, 6) is 0.707. The van der Waals surface area contributed by atoms with Crippen molar-refractivity contribution in [3.63, 3.8) is 0 Å². The number of hydrogen-bond acceptors (Lipinski definition) is 4. The van der Waals surface area contributed by atoms with E-state index in [1.807, 2.05) is 38.1 Å². The average Bonchev–Trinajstić information content (AvgIpc) is 2.48. The summed E-state index contributed by atoms with van der Waals surface area (Å²) >= 11 is 0. The molecule has 0 radical (unpaired) electrons. The summed E-state index contributed by atoms with van der Waals surface area (Å²) in [4.78, 5) is 15.1. The number of rotatable bonds is 9. The summed E-state index contributed by atoms with van der Waals surface area (Å²) in [5, 5.41) is 0. The maximum absolute atomic E-state index is 12.9. The molecular weight excluding hydrogens is 266 g/mol. The van der Waals surface area contributed by atoms with Crippen LogP contribution in [0.1, 0.15) is 38.1 Å². The summed E-state index contributed by atoms with van der Waals surface area (Å²) < 4.78 is 10.7. The van der Waals surface area contributed by atoms with E-state index in [4.69, 9.17) is 9.47 Å². The minimum atomic E-state index is -0.551. The summed E-state index contributed by atoms with van der Waals surface area (Å²) in [6.07, 6.45) is 0. The van der Waals surface area contributed by atoms with Gasteiger partial charge in [-0.25, -0.2) is 0 Å². The van der Waals surface area contributed by atoms with Gasteiger partial charge in [-0.3, -0.25) is 9.69 Å². The molecule has 1 aromatic carbocycles. The first-order valence-corrected chi connectivity index (χ1v) is 7.49. The van der Waals surface area contributed by atoms with Crippen LogP contribution in [0.25, 0.3) is 0 Å². The normalized spacial score (nSPS) is 11.7. The standard InChI is InChI=1S/C17H27NO3/c1-6-18(7-2)17(3,4)16(19)14-10-8-9-11-15(14)21-13-12-20-5/h8-11H,6-7,12-13H2,1-5H3. The van der Waals surface area contributed by atoms with E-state index in [1.54, 1.807) is 7.11 Å². The predicted octanol–water partition coefficient (Wildman–Crippen LogP) is 3.01. The van der Waals surface area contributed by atoms with Crippen molar-refractivity contribution in [1.82, 2.24) is 4.90 Å². The summed E-state index contributed by atoms with van der Waals surface area (Å²) in [5.41, 5.74) is 0.0787. The molecule has 0 heterocycles. The molecular formula is C17H27NO3. The van der Waals surface area contributed by atoms with Gasteiger partial charge in [0.15, 0.2) is 5.78 Å². The number of carbonyl (C=O) groups excluding carboxylic acids is 1. The van der Waals surface area contributed by atoms with Crippen molar-refractivity contribution >= 4 is 5.78 Å². The summed E-state index contributed by atoms with van der Waals surface area (Å²) in [7, 11) is 1.63. The lowest BCUT2D eigenvalue weighted by atomic mass is 9.90. The van der Waals surface area contributed by atoms with Crippen LogP contribution in [0.5, 0.6) is 5.75 Å².